The van der Waals surface area contributed by atoms with Crippen molar-refractivity contribution in [2.24, 2.45) is 0 Å². The van der Waals surface area contributed by atoms with Gasteiger partial charge in [-0.1, -0.05) is 18.2 Å². The molecule has 1 saturated heterocycles. The van der Waals surface area contributed by atoms with Crippen LogP contribution in [0.15, 0.2) is 54.6 Å². The van der Waals surface area contributed by atoms with Crippen LogP contribution in [0.1, 0.15) is 34.2 Å². The summed E-state index contributed by atoms with van der Waals surface area (Å²) < 4.78 is 82.4. The van der Waals surface area contributed by atoms with Crippen LogP contribution in [-0.2, 0) is 10.0 Å². The second-order valence-corrected chi connectivity index (χ2v) is 11.2. The molecule has 2 aromatic carbocycles. The summed E-state index contributed by atoms with van der Waals surface area (Å²) in [4.78, 5) is 28.5. The van der Waals surface area contributed by atoms with Crippen molar-refractivity contribution < 1.29 is 40.3 Å². The summed E-state index contributed by atoms with van der Waals surface area (Å²) in [6.07, 6.45) is -6.29. The molecule has 42 heavy (non-hydrogen) atoms. The first-order valence-corrected chi connectivity index (χ1v) is 14.5. The number of aromatic nitrogens is 2. The van der Waals surface area contributed by atoms with E-state index in [0.717, 1.165) is 0 Å². The lowest BCUT2D eigenvalue weighted by Crippen LogP contribution is -2.49. The molecule has 1 aromatic heterocycles. The van der Waals surface area contributed by atoms with Crippen LogP contribution in [0, 0.1) is 5.82 Å². The Morgan fingerprint density at radius 1 is 1.00 bits per heavy atom. The summed E-state index contributed by atoms with van der Waals surface area (Å²) in [5, 5.41) is 7.60. The van der Waals surface area contributed by atoms with Crippen LogP contribution in [0.2, 0.25) is 0 Å². The number of hydrogen-bond acceptors (Lipinski definition) is 8. The topological polar surface area (TPSA) is 122 Å². The Balaban J connectivity index is 1.33. The third-order valence-electron chi connectivity index (χ3n) is 6.35. The molecule has 4 rings (SSSR count). The number of rotatable bonds is 9. The zero-order chi connectivity index (χ0) is 30.5. The van der Waals surface area contributed by atoms with Gasteiger partial charge in [-0.25, -0.2) is 17.5 Å². The predicted octanol–water partition coefficient (Wildman–Crippen LogP) is 3.66. The van der Waals surface area contributed by atoms with Crippen molar-refractivity contribution in [3.05, 3.63) is 71.7 Å². The summed E-state index contributed by atoms with van der Waals surface area (Å²) in [6.45, 7) is 3.61. The van der Waals surface area contributed by atoms with Gasteiger partial charge < -0.3 is 14.5 Å². The van der Waals surface area contributed by atoms with E-state index in [1.807, 2.05) is 6.92 Å². The zero-order valence-corrected chi connectivity index (χ0v) is 23.2. The van der Waals surface area contributed by atoms with Gasteiger partial charge in [0.15, 0.2) is 11.5 Å². The van der Waals surface area contributed by atoms with Crippen LogP contribution in [-0.4, -0.2) is 80.0 Å². The van der Waals surface area contributed by atoms with Crippen molar-refractivity contribution in [3.63, 3.8) is 0 Å². The van der Waals surface area contributed by atoms with E-state index in [4.69, 9.17) is 4.74 Å². The van der Waals surface area contributed by atoms with Crippen LogP contribution >= 0.6 is 0 Å². The van der Waals surface area contributed by atoms with E-state index in [1.165, 1.54) is 18.2 Å². The highest BCUT2D eigenvalue weighted by Gasteiger charge is 2.31. The van der Waals surface area contributed by atoms with Crippen molar-refractivity contribution >= 4 is 27.7 Å². The molecule has 0 saturated carbocycles. The fraction of sp³-hybridized carbons (Fsp3) is 0.333. The molecular formula is C27H27F4N5O5S. The number of carbonyl (C=O) groups excluding carboxylic acids is 2. The second kappa shape index (κ2) is 12.7. The van der Waals surface area contributed by atoms with E-state index < -0.39 is 45.8 Å². The lowest BCUT2D eigenvalue weighted by molar-refractivity contribution is -0.130. The number of ether oxygens (including phenoxy) is 1. The summed E-state index contributed by atoms with van der Waals surface area (Å²) in [5.74, 6) is -2.41. The number of hydrogen-bond donors (Lipinski definition) is 1. The fourth-order valence-electron chi connectivity index (χ4n) is 4.23. The van der Waals surface area contributed by atoms with Crippen LogP contribution < -0.4 is 14.4 Å². The molecule has 0 bridgehead atoms. The van der Waals surface area contributed by atoms with Crippen molar-refractivity contribution in [2.45, 2.75) is 19.5 Å². The van der Waals surface area contributed by atoms with Crippen molar-refractivity contribution in [1.29, 1.82) is 0 Å². The van der Waals surface area contributed by atoms with Gasteiger partial charge in [0.1, 0.15) is 11.6 Å². The molecule has 224 valence electrons. The van der Waals surface area contributed by atoms with Crippen molar-refractivity contribution in [3.8, 4) is 16.9 Å². The highest BCUT2D eigenvalue weighted by Crippen LogP contribution is 2.28. The molecule has 0 aliphatic carbocycles. The Morgan fingerprint density at radius 3 is 2.36 bits per heavy atom. The average molecular weight is 610 g/mol. The molecule has 1 N–H and O–H groups in total. The van der Waals surface area contributed by atoms with E-state index in [1.54, 1.807) is 50.9 Å². The molecule has 1 aliphatic rings. The van der Waals surface area contributed by atoms with Gasteiger partial charge >= 0.3 is 6.18 Å². The lowest BCUT2D eigenvalue weighted by Gasteiger charge is -2.35. The Kier molecular flexibility index (Phi) is 9.29. The SMILES string of the molecule is CCOc1cccc(-c2ccc(C(=O)N3CCN(c4ccc(C(=O)NS(=O)(=O)CCC(F)(F)F)nn4)CC3)cc2F)c1. The van der Waals surface area contributed by atoms with Gasteiger partial charge in [0.25, 0.3) is 11.8 Å². The second-order valence-electron chi connectivity index (χ2n) is 9.33. The molecule has 0 unspecified atom stereocenters. The summed E-state index contributed by atoms with van der Waals surface area (Å²) in [5.41, 5.74) is 0.774. The first-order valence-electron chi connectivity index (χ1n) is 12.9. The molecule has 0 spiro atoms. The highest BCUT2D eigenvalue weighted by atomic mass is 32.2. The number of halogens is 4. The van der Waals surface area contributed by atoms with Crippen LogP contribution in [0.3, 0.4) is 0 Å². The third-order valence-corrected chi connectivity index (χ3v) is 7.59. The zero-order valence-electron chi connectivity index (χ0n) is 22.4. The monoisotopic (exact) mass is 609 g/mol. The van der Waals surface area contributed by atoms with Crippen LogP contribution in [0.4, 0.5) is 23.4 Å². The van der Waals surface area contributed by atoms with Crippen molar-refractivity contribution in [1.82, 2.24) is 19.8 Å². The maximum Gasteiger partial charge on any atom is 0.390 e. The average Bonchev–Trinajstić information content (AvgIpc) is 2.96. The molecule has 15 heteroatoms. The van der Waals surface area contributed by atoms with Crippen LogP contribution in [0.25, 0.3) is 11.1 Å². The number of piperazine rings is 1. The summed E-state index contributed by atoms with van der Waals surface area (Å²) in [7, 11) is -4.52. The minimum absolute atomic E-state index is 0.200. The molecule has 10 nitrogen and oxygen atoms in total. The Labute approximate surface area is 239 Å². The summed E-state index contributed by atoms with van der Waals surface area (Å²) >= 11 is 0. The first kappa shape index (κ1) is 30.7. The molecule has 1 aliphatic heterocycles. The maximum atomic E-state index is 15.0. The number of alkyl halides is 3. The van der Waals surface area contributed by atoms with E-state index in [-0.39, 0.29) is 11.5 Å². The van der Waals surface area contributed by atoms with Crippen molar-refractivity contribution in [2.75, 3.05) is 43.4 Å². The Morgan fingerprint density at radius 2 is 1.74 bits per heavy atom. The van der Waals surface area contributed by atoms with Gasteiger partial charge in [-0.05, 0) is 48.9 Å². The molecular weight excluding hydrogens is 582 g/mol. The van der Waals surface area contributed by atoms with Gasteiger partial charge in [0.2, 0.25) is 10.0 Å². The number of benzene rings is 2. The number of nitrogens with one attached hydrogen (secondary N) is 1. The maximum absolute atomic E-state index is 15.0. The van der Waals surface area contributed by atoms with Gasteiger partial charge in [-0.3, -0.25) is 9.59 Å². The molecule has 0 atom stereocenters. The molecule has 2 heterocycles. The van der Waals surface area contributed by atoms with Gasteiger partial charge in [-0.15, -0.1) is 10.2 Å². The van der Waals surface area contributed by atoms with Crippen LogP contribution in [0.5, 0.6) is 5.75 Å². The highest BCUT2D eigenvalue weighted by molar-refractivity contribution is 7.90. The number of nitrogens with zero attached hydrogens (tertiary/aromatic N) is 4. The lowest BCUT2D eigenvalue weighted by atomic mass is 10.0. The summed E-state index contributed by atoms with van der Waals surface area (Å²) in [6, 6.07) is 14.0. The first-order chi connectivity index (χ1) is 19.8. The largest absolute Gasteiger partial charge is 0.494 e. The quantitative estimate of drug-likeness (QED) is 0.365. The number of carbonyl (C=O) groups is 2. The molecule has 0 radical (unpaired) electrons. The van der Waals surface area contributed by atoms with E-state index >= 15 is 0 Å². The minimum Gasteiger partial charge on any atom is -0.494 e. The molecule has 2 amide bonds. The van der Waals surface area contributed by atoms with E-state index in [0.29, 0.717) is 55.5 Å². The predicted molar refractivity (Wildman–Crippen MR) is 145 cm³/mol. The number of anilines is 1. The minimum atomic E-state index is -4.69. The van der Waals surface area contributed by atoms with Gasteiger partial charge in [-0.2, -0.15) is 13.2 Å². The van der Waals surface area contributed by atoms with Gasteiger partial charge in [0, 0.05) is 37.3 Å². The standard InChI is InChI=1S/C27H27F4N5O5S/c1-2-41-20-5-3-4-18(16-20)21-7-6-19(17-22(21)28)26(38)36-13-11-35(12-14-36)24-9-8-23(32-33-24)25(37)34-42(39,40)15-10-27(29,30)31/h3-9,16-17H,2,10-15H2,1H3,(H,34,37). The number of amides is 2. The third kappa shape index (κ3) is 7.93. The Bertz CT molecular complexity index is 1540. The number of sulfonamides is 1. The normalized spacial score (nSPS) is 14.0. The smallest absolute Gasteiger partial charge is 0.390 e. The Hall–Kier alpha value is -4.27. The fourth-order valence-corrected chi connectivity index (χ4v) is 5.22. The van der Waals surface area contributed by atoms with Gasteiger partial charge in [0.05, 0.1) is 18.8 Å². The molecule has 3 aromatic rings. The molecule has 1 fully saturated rings. The van der Waals surface area contributed by atoms with E-state index in [2.05, 4.69) is 10.2 Å². The van der Waals surface area contributed by atoms with E-state index in [9.17, 15) is 35.6 Å².